The van der Waals surface area contributed by atoms with Crippen LogP contribution in [0.2, 0.25) is 0 Å². The van der Waals surface area contributed by atoms with Crippen molar-refractivity contribution >= 4 is 0 Å². The summed E-state index contributed by atoms with van der Waals surface area (Å²) in [4.78, 5) is 0. The number of hydrogen-bond acceptors (Lipinski definition) is 1. The van der Waals surface area contributed by atoms with Crippen molar-refractivity contribution in [2.75, 3.05) is 6.61 Å². The number of rotatable bonds is 6. The minimum absolute atomic E-state index is 0.742. The average molecular weight is 312 g/mol. The van der Waals surface area contributed by atoms with Gasteiger partial charge >= 0.3 is 0 Å². The molecule has 1 unspecified atom stereocenters. The van der Waals surface area contributed by atoms with Crippen molar-refractivity contribution in [2.24, 2.45) is 17.8 Å². The Morgan fingerprint density at radius 1 is 1.09 bits per heavy atom. The molecule has 2 aliphatic carbocycles. The minimum Gasteiger partial charge on any atom is -0.493 e. The van der Waals surface area contributed by atoms with E-state index in [4.69, 9.17) is 4.74 Å². The zero-order valence-corrected chi connectivity index (χ0v) is 14.7. The molecule has 1 atom stereocenters. The molecule has 1 nitrogen and oxygen atoms in total. The van der Waals surface area contributed by atoms with E-state index in [1.165, 1.54) is 56.9 Å². The molecule has 0 aromatic heterocycles. The van der Waals surface area contributed by atoms with Gasteiger partial charge in [0.15, 0.2) is 0 Å². The molecule has 1 aromatic rings. The second-order valence-electron chi connectivity index (χ2n) is 7.55. The summed E-state index contributed by atoms with van der Waals surface area (Å²) in [6.45, 7) is 6.84. The number of hydrogen-bond donors (Lipinski definition) is 0. The van der Waals surface area contributed by atoms with Crippen LogP contribution in [0.3, 0.4) is 0 Å². The van der Waals surface area contributed by atoms with Crippen molar-refractivity contribution < 1.29 is 4.74 Å². The quantitative estimate of drug-likeness (QED) is 0.465. The van der Waals surface area contributed by atoms with Gasteiger partial charge in [-0.25, -0.2) is 0 Å². The van der Waals surface area contributed by atoms with Crippen LogP contribution >= 0.6 is 0 Å². The molecule has 0 aliphatic heterocycles. The van der Waals surface area contributed by atoms with E-state index < -0.39 is 0 Å². The number of aryl methyl sites for hydroxylation is 1. The summed E-state index contributed by atoms with van der Waals surface area (Å²) in [5.74, 6) is 3.95. The molecule has 0 radical (unpaired) electrons. The van der Waals surface area contributed by atoms with Crippen molar-refractivity contribution in [3.63, 3.8) is 0 Å². The van der Waals surface area contributed by atoms with Gasteiger partial charge < -0.3 is 4.74 Å². The third-order valence-corrected chi connectivity index (χ3v) is 6.17. The molecule has 2 aliphatic rings. The standard InChI is InChI=1S/C22H32O/c1-3-5-14-23-22-13-12-20-15-19(10-11-21(20)16-22)18-8-6-17(4-2)7-9-18/h3,12-13,16-19H,1,4-11,14-15H2,2H3. The van der Waals surface area contributed by atoms with Crippen LogP contribution in [0.4, 0.5) is 0 Å². The van der Waals surface area contributed by atoms with Crippen molar-refractivity contribution in [1.29, 1.82) is 0 Å². The van der Waals surface area contributed by atoms with Crippen LogP contribution < -0.4 is 4.74 Å². The van der Waals surface area contributed by atoms with Gasteiger partial charge in [0.1, 0.15) is 5.75 Å². The Morgan fingerprint density at radius 2 is 1.91 bits per heavy atom. The minimum atomic E-state index is 0.742. The lowest BCUT2D eigenvalue weighted by Gasteiger charge is -2.36. The van der Waals surface area contributed by atoms with E-state index in [2.05, 4.69) is 31.7 Å². The van der Waals surface area contributed by atoms with Gasteiger partial charge in [0, 0.05) is 0 Å². The highest BCUT2D eigenvalue weighted by Gasteiger charge is 2.29. The van der Waals surface area contributed by atoms with Crippen LogP contribution in [0.25, 0.3) is 0 Å². The zero-order valence-electron chi connectivity index (χ0n) is 14.7. The first-order valence-corrected chi connectivity index (χ1v) is 9.65. The predicted octanol–water partition coefficient (Wildman–Crippen LogP) is 5.96. The molecule has 0 N–H and O–H groups in total. The molecule has 23 heavy (non-hydrogen) atoms. The Morgan fingerprint density at radius 3 is 2.65 bits per heavy atom. The Bertz CT molecular complexity index is 511. The van der Waals surface area contributed by atoms with Gasteiger partial charge in [-0.1, -0.05) is 38.3 Å². The molecular weight excluding hydrogens is 280 g/mol. The summed E-state index contributed by atoms with van der Waals surface area (Å²) < 4.78 is 5.81. The van der Waals surface area contributed by atoms with Gasteiger partial charge in [-0.3, -0.25) is 0 Å². The van der Waals surface area contributed by atoms with Gasteiger partial charge in [-0.15, -0.1) is 6.58 Å². The summed E-state index contributed by atoms with van der Waals surface area (Å²) in [6.07, 6.45) is 14.0. The van der Waals surface area contributed by atoms with Crippen LogP contribution in [-0.2, 0) is 12.8 Å². The number of fused-ring (bicyclic) bond motifs is 1. The number of benzene rings is 1. The van der Waals surface area contributed by atoms with Gasteiger partial charge in [-0.2, -0.15) is 0 Å². The van der Waals surface area contributed by atoms with Crippen molar-refractivity contribution in [3.8, 4) is 5.75 Å². The van der Waals surface area contributed by atoms with Crippen LogP contribution in [0.15, 0.2) is 30.9 Å². The highest BCUT2D eigenvalue weighted by molar-refractivity contribution is 5.37. The Kier molecular flexibility index (Phi) is 5.80. The van der Waals surface area contributed by atoms with E-state index in [0.717, 1.165) is 36.5 Å². The first-order chi connectivity index (χ1) is 11.3. The maximum atomic E-state index is 5.81. The predicted molar refractivity (Wildman–Crippen MR) is 98.0 cm³/mol. The third kappa shape index (κ3) is 4.19. The first kappa shape index (κ1) is 16.6. The highest BCUT2D eigenvalue weighted by Crippen LogP contribution is 2.40. The maximum Gasteiger partial charge on any atom is 0.119 e. The molecule has 0 saturated heterocycles. The first-order valence-electron chi connectivity index (χ1n) is 9.65. The highest BCUT2D eigenvalue weighted by atomic mass is 16.5. The van der Waals surface area contributed by atoms with E-state index in [9.17, 15) is 0 Å². The molecule has 126 valence electrons. The van der Waals surface area contributed by atoms with Gasteiger partial charge in [-0.05, 0) is 79.5 Å². The smallest absolute Gasteiger partial charge is 0.119 e. The second kappa shape index (κ2) is 8.04. The molecular formula is C22H32O. The van der Waals surface area contributed by atoms with E-state index >= 15 is 0 Å². The molecule has 1 saturated carbocycles. The van der Waals surface area contributed by atoms with Gasteiger partial charge in [0.2, 0.25) is 0 Å². The molecule has 0 heterocycles. The lowest BCUT2D eigenvalue weighted by Crippen LogP contribution is -2.26. The molecule has 3 rings (SSSR count). The summed E-state index contributed by atoms with van der Waals surface area (Å²) in [5.41, 5.74) is 3.11. The van der Waals surface area contributed by atoms with E-state index in [0.29, 0.717) is 0 Å². The lowest BCUT2D eigenvalue weighted by atomic mass is 9.69. The normalized spacial score (nSPS) is 27.3. The van der Waals surface area contributed by atoms with Gasteiger partial charge in [0.25, 0.3) is 0 Å². The van der Waals surface area contributed by atoms with Gasteiger partial charge in [0.05, 0.1) is 6.61 Å². The monoisotopic (exact) mass is 312 g/mol. The van der Waals surface area contributed by atoms with Crippen LogP contribution in [0, 0.1) is 17.8 Å². The topological polar surface area (TPSA) is 9.23 Å². The van der Waals surface area contributed by atoms with E-state index in [-0.39, 0.29) is 0 Å². The zero-order chi connectivity index (χ0) is 16.1. The Labute approximate surface area is 142 Å². The fraction of sp³-hybridized carbons (Fsp3) is 0.636. The Balaban J connectivity index is 1.57. The van der Waals surface area contributed by atoms with E-state index in [1.807, 2.05) is 6.08 Å². The third-order valence-electron chi connectivity index (χ3n) is 6.17. The summed E-state index contributed by atoms with van der Waals surface area (Å²) in [5, 5.41) is 0. The van der Waals surface area contributed by atoms with Crippen molar-refractivity contribution in [3.05, 3.63) is 42.0 Å². The molecule has 0 amide bonds. The fourth-order valence-corrected chi connectivity index (χ4v) is 4.58. The van der Waals surface area contributed by atoms with Crippen molar-refractivity contribution in [2.45, 2.75) is 64.7 Å². The molecule has 1 aromatic carbocycles. The van der Waals surface area contributed by atoms with Crippen molar-refractivity contribution in [1.82, 2.24) is 0 Å². The number of ether oxygens (including phenoxy) is 1. The lowest BCUT2D eigenvalue weighted by molar-refractivity contribution is 0.187. The fourth-order valence-electron chi connectivity index (χ4n) is 4.58. The largest absolute Gasteiger partial charge is 0.493 e. The molecule has 0 bridgehead atoms. The molecule has 1 heteroatoms. The second-order valence-corrected chi connectivity index (χ2v) is 7.55. The molecule has 0 spiro atoms. The van der Waals surface area contributed by atoms with Crippen LogP contribution in [0.5, 0.6) is 5.75 Å². The van der Waals surface area contributed by atoms with E-state index in [1.54, 1.807) is 5.56 Å². The summed E-state index contributed by atoms with van der Waals surface area (Å²) in [6, 6.07) is 6.77. The summed E-state index contributed by atoms with van der Waals surface area (Å²) in [7, 11) is 0. The SMILES string of the molecule is C=CCCOc1ccc2c(c1)CCC(C1CCC(CC)CC1)C2. The van der Waals surface area contributed by atoms with Crippen LogP contribution in [0.1, 0.15) is 63.0 Å². The molecule has 1 fully saturated rings. The van der Waals surface area contributed by atoms with Crippen LogP contribution in [-0.4, -0.2) is 6.61 Å². The average Bonchev–Trinajstić information content (AvgIpc) is 2.61. The Hall–Kier alpha value is -1.24. The maximum absolute atomic E-state index is 5.81. The summed E-state index contributed by atoms with van der Waals surface area (Å²) >= 11 is 0.